The average molecular weight is 479 g/mol. The van der Waals surface area contributed by atoms with Crippen LogP contribution < -0.4 is 10.6 Å². The minimum Gasteiger partial charge on any atom is -0.478 e. The number of aromatic carboxylic acids is 1. The molecule has 0 bridgehead atoms. The average Bonchev–Trinajstić information content (AvgIpc) is 2.83. The van der Waals surface area contributed by atoms with Crippen LogP contribution in [0.3, 0.4) is 0 Å². The summed E-state index contributed by atoms with van der Waals surface area (Å²) in [5.74, 6) is -2.26. The predicted molar refractivity (Wildman–Crippen MR) is 130 cm³/mol. The number of amides is 2. The van der Waals surface area contributed by atoms with E-state index in [9.17, 15) is 24.3 Å². The first-order valence-corrected chi connectivity index (χ1v) is 11.3. The van der Waals surface area contributed by atoms with Gasteiger partial charge < -0.3 is 20.5 Å². The van der Waals surface area contributed by atoms with E-state index in [0.29, 0.717) is 16.9 Å². The highest BCUT2D eigenvalue weighted by Crippen LogP contribution is 2.23. The highest BCUT2D eigenvalue weighted by molar-refractivity contribution is 8.00. The number of esters is 1. The molecule has 0 heterocycles. The highest BCUT2D eigenvalue weighted by Gasteiger charge is 2.16. The third kappa shape index (κ3) is 6.69. The Kier molecular flexibility index (Phi) is 8.42. The lowest BCUT2D eigenvalue weighted by atomic mass is 10.1. The van der Waals surface area contributed by atoms with Gasteiger partial charge in [-0.1, -0.05) is 18.2 Å². The number of hydrogen-bond acceptors (Lipinski definition) is 6. The van der Waals surface area contributed by atoms with E-state index in [-0.39, 0.29) is 29.4 Å². The molecule has 2 amide bonds. The van der Waals surface area contributed by atoms with Crippen LogP contribution in [-0.4, -0.2) is 41.2 Å². The molecule has 0 radical (unpaired) electrons. The van der Waals surface area contributed by atoms with Gasteiger partial charge in [0.1, 0.15) is 0 Å². The number of thioether (sulfide) groups is 1. The van der Waals surface area contributed by atoms with Crippen LogP contribution in [0.1, 0.15) is 38.0 Å². The standard InChI is InChI=1S/C25H22N2O6S/c1-2-33-25(32)16-10-12-17(13-11-16)26-22(28)15-34-19-7-5-6-18(14-19)27-23(29)20-8-3-4-9-21(20)24(30)31/h3-14H,2,15H2,1H3,(H,26,28)(H,27,29)(H,30,31). The van der Waals surface area contributed by atoms with Gasteiger partial charge in [-0.15, -0.1) is 11.8 Å². The summed E-state index contributed by atoms with van der Waals surface area (Å²) in [6.07, 6.45) is 0. The maximum atomic E-state index is 12.5. The fourth-order valence-corrected chi connectivity index (χ4v) is 3.73. The Morgan fingerprint density at radius 1 is 0.853 bits per heavy atom. The molecule has 0 unspecified atom stereocenters. The van der Waals surface area contributed by atoms with E-state index in [2.05, 4.69) is 10.6 Å². The summed E-state index contributed by atoms with van der Waals surface area (Å²) >= 11 is 1.28. The Balaban J connectivity index is 1.56. The van der Waals surface area contributed by atoms with Crippen molar-refractivity contribution in [3.05, 3.63) is 89.5 Å². The van der Waals surface area contributed by atoms with Gasteiger partial charge in [-0.05, 0) is 61.5 Å². The van der Waals surface area contributed by atoms with Gasteiger partial charge in [-0.25, -0.2) is 9.59 Å². The molecular weight excluding hydrogens is 456 g/mol. The number of carbonyl (C=O) groups is 4. The van der Waals surface area contributed by atoms with Crippen LogP contribution in [0.25, 0.3) is 0 Å². The van der Waals surface area contributed by atoms with Gasteiger partial charge in [0.05, 0.1) is 29.1 Å². The number of carboxylic acids is 1. The summed E-state index contributed by atoms with van der Waals surface area (Å²) in [5, 5.41) is 14.7. The minimum absolute atomic E-state index is 0.0569. The zero-order valence-electron chi connectivity index (χ0n) is 18.2. The fourth-order valence-electron chi connectivity index (χ4n) is 2.98. The van der Waals surface area contributed by atoms with E-state index in [1.807, 2.05) is 0 Å². The maximum Gasteiger partial charge on any atom is 0.338 e. The number of hydrogen-bond donors (Lipinski definition) is 3. The van der Waals surface area contributed by atoms with E-state index in [0.717, 1.165) is 4.90 Å². The molecule has 0 atom stereocenters. The van der Waals surface area contributed by atoms with Crippen molar-refractivity contribution in [3.8, 4) is 0 Å². The van der Waals surface area contributed by atoms with Gasteiger partial charge in [-0.3, -0.25) is 9.59 Å². The van der Waals surface area contributed by atoms with Crippen LogP contribution in [0.15, 0.2) is 77.7 Å². The van der Waals surface area contributed by atoms with Gasteiger partial charge in [0.25, 0.3) is 5.91 Å². The molecule has 34 heavy (non-hydrogen) atoms. The van der Waals surface area contributed by atoms with Crippen LogP contribution in [0, 0.1) is 0 Å². The monoisotopic (exact) mass is 478 g/mol. The molecule has 0 aliphatic rings. The molecule has 174 valence electrons. The summed E-state index contributed by atoms with van der Waals surface area (Å²) < 4.78 is 4.93. The SMILES string of the molecule is CCOC(=O)c1ccc(NC(=O)CSc2cccc(NC(=O)c3ccccc3C(=O)O)c2)cc1. The van der Waals surface area contributed by atoms with Crippen molar-refractivity contribution in [1.29, 1.82) is 0 Å². The third-order valence-corrected chi connectivity index (χ3v) is 5.54. The summed E-state index contributed by atoms with van der Waals surface area (Å²) in [7, 11) is 0. The number of anilines is 2. The summed E-state index contributed by atoms with van der Waals surface area (Å²) in [5.41, 5.74) is 1.40. The number of ether oxygens (including phenoxy) is 1. The minimum atomic E-state index is -1.18. The normalized spacial score (nSPS) is 10.3. The molecule has 8 nitrogen and oxygen atoms in total. The number of benzene rings is 3. The van der Waals surface area contributed by atoms with Crippen molar-refractivity contribution in [2.75, 3.05) is 23.0 Å². The van der Waals surface area contributed by atoms with Crippen LogP contribution in [0.4, 0.5) is 11.4 Å². The topological polar surface area (TPSA) is 122 Å². The van der Waals surface area contributed by atoms with E-state index < -0.39 is 17.8 Å². The molecule has 0 spiro atoms. The summed E-state index contributed by atoms with van der Waals surface area (Å²) in [6.45, 7) is 2.02. The first-order chi connectivity index (χ1) is 16.4. The Morgan fingerprint density at radius 3 is 2.24 bits per heavy atom. The quantitative estimate of drug-likeness (QED) is 0.305. The molecule has 3 aromatic rings. The molecule has 0 saturated carbocycles. The smallest absolute Gasteiger partial charge is 0.338 e. The molecule has 0 aliphatic carbocycles. The van der Waals surface area contributed by atoms with E-state index in [4.69, 9.17) is 4.74 Å². The first-order valence-electron chi connectivity index (χ1n) is 10.3. The van der Waals surface area contributed by atoms with Crippen molar-refractivity contribution < 1.29 is 29.0 Å². The third-order valence-electron chi connectivity index (χ3n) is 4.54. The fraction of sp³-hybridized carbons (Fsp3) is 0.120. The second-order valence-electron chi connectivity index (χ2n) is 6.97. The second kappa shape index (κ2) is 11.7. The predicted octanol–water partition coefficient (Wildman–Crippen LogP) is 4.54. The maximum absolute atomic E-state index is 12.5. The molecule has 0 aliphatic heterocycles. The van der Waals surface area contributed by atoms with Gasteiger partial charge in [-0.2, -0.15) is 0 Å². The van der Waals surface area contributed by atoms with E-state index in [1.165, 1.54) is 23.9 Å². The molecule has 3 N–H and O–H groups in total. The zero-order chi connectivity index (χ0) is 24.5. The van der Waals surface area contributed by atoms with Crippen molar-refractivity contribution >= 4 is 46.9 Å². The number of carboxylic acid groups (broad SMARTS) is 1. The largest absolute Gasteiger partial charge is 0.478 e. The molecule has 9 heteroatoms. The highest BCUT2D eigenvalue weighted by atomic mass is 32.2. The van der Waals surface area contributed by atoms with Crippen molar-refractivity contribution in [3.63, 3.8) is 0 Å². The van der Waals surface area contributed by atoms with Crippen molar-refractivity contribution in [2.45, 2.75) is 11.8 Å². The van der Waals surface area contributed by atoms with Crippen LogP contribution in [-0.2, 0) is 9.53 Å². The molecule has 3 rings (SSSR count). The Morgan fingerprint density at radius 2 is 1.56 bits per heavy atom. The van der Waals surface area contributed by atoms with Gasteiger partial charge >= 0.3 is 11.9 Å². The molecular formula is C25H22N2O6S. The number of carbonyl (C=O) groups excluding carboxylic acids is 3. The lowest BCUT2D eigenvalue weighted by molar-refractivity contribution is -0.113. The summed E-state index contributed by atoms with van der Waals surface area (Å²) in [4.78, 5) is 48.6. The molecule has 0 fully saturated rings. The Labute approximate surface area is 200 Å². The van der Waals surface area contributed by atoms with E-state index in [1.54, 1.807) is 67.6 Å². The van der Waals surface area contributed by atoms with Gasteiger partial charge in [0.15, 0.2) is 0 Å². The van der Waals surface area contributed by atoms with Crippen LogP contribution >= 0.6 is 11.8 Å². The lowest BCUT2D eigenvalue weighted by Gasteiger charge is -2.10. The van der Waals surface area contributed by atoms with Crippen molar-refractivity contribution in [2.24, 2.45) is 0 Å². The van der Waals surface area contributed by atoms with Crippen molar-refractivity contribution in [1.82, 2.24) is 0 Å². The molecule has 3 aromatic carbocycles. The molecule has 0 aromatic heterocycles. The number of rotatable bonds is 9. The van der Waals surface area contributed by atoms with Gasteiger partial charge in [0, 0.05) is 16.3 Å². The zero-order valence-corrected chi connectivity index (χ0v) is 19.1. The molecule has 0 saturated heterocycles. The second-order valence-corrected chi connectivity index (χ2v) is 8.02. The Hall–Kier alpha value is -4.11. The van der Waals surface area contributed by atoms with E-state index >= 15 is 0 Å². The lowest BCUT2D eigenvalue weighted by Crippen LogP contribution is -2.16. The van der Waals surface area contributed by atoms with Crippen LogP contribution in [0.5, 0.6) is 0 Å². The Bertz CT molecular complexity index is 1210. The summed E-state index contributed by atoms with van der Waals surface area (Å²) in [6, 6.07) is 19.3. The van der Waals surface area contributed by atoms with Gasteiger partial charge in [0.2, 0.25) is 5.91 Å². The number of nitrogens with one attached hydrogen (secondary N) is 2. The first kappa shape index (κ1) is 24.5. The van der Waals surface area contributed by atoms with Crippen LogP contribution in [0.2, 0.25) is 0 Å².